The maximum absolute atomic E-state index is 5.50. The molecule has 3 N–H and O–H groups in total. The maximum atomic E-state index is 5.50. The lowest BCUT2D eigenvalue weighted by atomic mass is 10.1. The molecule has 1 aromatic heterocycles. The van der Waals surface area contributed by atoms with Gasteiger partial charge < -0.3 is 20.4 Å². The van der Waals surface area contributed by atoms with Crippen LogP contribution in [0.5, 0.6) is 0 Å². The van der Waals surface area contributed by atoms with Gasteiger partial charge in [0.25, 0.3) is 0 Å². The minimum Gasteiger partial charge on any atom is -0.379 e. The van der Waals surface area contributed by atoms with Gasteiger partial charge in [-0.25, -0.2) is 4.98 Å². The van der Waals surface area contributed by atoms with Crippen LogP contribution in [0.3, 0.4) is 0 Å². The van der Waals surface area contributed by atoms with Crippen molar-refractivity contribution < 1.29 is 4.74 Å². The first-order chi connectivity index (χ1) is 10.2. The lowest BCUT2D eigenvalue weighted by Crippen LogP contribution is -2.45. The van der Waals surface area contributed by atoms with E-state index in [1.807, 2.05) is 18.2 Å². The van der Waals surface area contributed by atoms with E-state index in [1.165, 1.54) is 0 Å². The molecule has 1 aromatic carbocycles. The van der Waals surface area contributed by atoms with Gasteiger partial charge in [-0.2, -0.15) is 0 Å². The van der Waals surface area contributed by atoms with E-state index in [9.17, 15) is 0 Å². The van der Waals surface area contributed by atoms with Gasteiger partial charge in [0.1, 0.15) is 5.82 Å². The van der Waals surface area contributed by atoms with Crippen LogP contribution in [0, 0.1) is 0 Å². The van der Waals surface area contributed by atoms with Gasteiger partial charge in [0.2, 0.25) is 0 Å². The van der Waals surface area contributed by atoms with Gasteiger partial charge in [-0.05, 0) is 32.4 Å². The Kier molecular flexibility index (Phi) is 4.53. The Bertz CT molecular complexity index is 543. The van der Waals surface area contributed by atoms with E-state index in [-0.39, 0.29) is 6.04 Å². The molecule has 1 fully saturated rings. The summed E-state index contributed by atoms with van der Waals surface area (Å²) in [6, 6.07) is 9.20. The number of hydrogen-bond acceptors (Lipinski definition) is 4. The molecule has 2 aromatic rings. The van der Waals surface area contributed by atoms with E-state index in [4.69, 9.17) is 4.74 Å². The van der Waals surface area contributed by atoms with E-state index in [0.29, 0.717) is 12.1 Å². The third-order valence-electron chi connectivity index (χ3n) is 3.99. The Morgan fingerprint density at radius 2 is 2.24 bits per heavy atom. The first-order valence-electron chi connectivity index (χ1n) is 7.74. The van der Waals surface area contributed by atoms with Crippen LogP contribution in [0.25, 0.3) is 11.0 Å². The number of H-pyrrole nitrogens is 1. The Morgan fingerprint density at radius 3 is 3.00 bits per heavy atom. The molecule has 5 heteroatoms. The summed E-state index contributed by atoms with van der Waals surface area (Å²) in [6.45, 7) is 6.96. The minimum absolute atomic E-state index is 0.205. The highest BCUT2D eigenvalue weighted by molar-refractivity contribution is 5.74. The monoisotopic (exact) mass is 288 g/mol. The third kappa shape index (κ3) is 3.61. The highest BCUT2D eigenvalue weighted by Crippen LogP contribution is 2.16. The van der Waals surface area contributed by atoms with Crippen molar-refractivity contribution in [3.05, 3.63) is 30.1 Å². The number of aromatic nitrogens is 2. The van der Waals surface area contributed by atoms with Gasteiger partial charge in [0.15, 0.2) is 0 Å². The number of nitrogens with one attached hydrogen (secondary N) is 3. The van der Waals surface area contributed by atoms with Gasteiger partial charge in [0, 0.05) is 18.6 Å². The van der Waals surface area contributed by atoms with E-state index in [0.717, 1.165) is 43.0 Å². The molecule has 0 aliphatic carbocycles. The number of imidazole rings is 1. The molecule has 0 spiro atoms. The van der Waals surface area contributed by atoms with E-state index in [2.05, 4.69) is 40.5 Å². The second kappa shape index (κ2) is 6.56. The lowest BCUT2D eigenvalue weighted by molar-refractivity contribution is 0.0708. The van der Waals surface area contributed by atoms with E-state index >= 15 is 0 Å². The summed E-state index contributed by atoms with van der Waals surface area (Å²) < 4.78 is 5.50. The summed E-state index contributed by atoms with van der Waals surface area (Å²) in [5, 5.41) is 7.11. The van der Waals surface area contributed by atoms with Crippen molar-refractivity contribution in [1.29, 1.82) is 0 Å². The van der Waals surface area contributed by atoms with Crippen LogP contribution in [0.15, 0.2) is 24.3 Å². The normalized spacial score (nSPS) is 22.3. The molecule has 114 valence electrons. The van der Waals surface area contributed by atoms with Gasteiger partial charge in [-0.3, -0.25) is 0 Å². The van der Waals surface area contributed by atoms with Crippen LogP contribution in [0.4, 0.5) is 0 Å². The minimum atomic E-state index is 0.205. The summed E-state index contributed by atoms with van der Waals surface area (Å²) in [4.78, 5) is 8.04. The van der Waals surface area contributed by atoms with Crippen LogP contribution in [0.2, 0.25) is 0 Å². The van der Waals surface area contributed by atoms with Crippen molar-refractivity contribution in [2.24, 2.45) is 0 Å². The molecule has 0 saturated carbocycles. The first kappa shape index (κ1) is 14.5. The van der Waals surface area contributed by atoms with Crippen molar-refractivity contribution in [1.82, 2.24) is 20.6 Å². The number of morpholine rings is 1. The van der Waals surface area contributed by atoms with Crippen molar-refractivity contribution in [2.75, 3.05) is 19.8 Å². The number of fused-ring (bicyclic) bond motifs is 1. The van der Waals surface area contributed by atoms with Gasteiger partial charge in [0.05, 0.1) is 30.3 Å². The Hall–Kier alpha value is -1.43. The fourth-order valence-corrected chi connectivity index (χ4v) is 2.95. The Morgan fingerprint density at radius 1 is 1.38 bits per heavy atom. The third-order valence-corrected chi connectivity index (χ3v) is 3.99. The van der Waals surface area contributed by atoms with E-state index < -0.39 is 0 Å². The standard InChI is InChI=1S/C16H24N4O/c1-11(9-13-10-21-8-7-17-13)18-12(2)16-19-14-5-3-4-6-15(14)20-16/h3-6,11-13,17-18H,7-10H2,1-2H3,(H,19,20). The SMILES string of the molecule is CC(CC1COCCN1)NC(C)c1nc2ccccc2[nH]1. The molecule has 0 bridgehead atoms. The largest absolute Gasteiger partial charge is 0.379 e. The molecule has 21 heavy (non-hydrogen) atoms. The number of nitrogens with zero attached hydrogens (tertiary/aromatic N) is 1. The molecule has 1 saturated heterocycles. The summed E-state index contributed by atoms with van der Waals surface area (Å²) in [5.74, 6) is 0.996. The molecule has 5 nitrogen and oxygen atoms in total. The van der Waals surface area contributed by atoms with Crippen LogP contribution in [-0.2, 0) is 4.74 Å². The number of benzene rings is 1. The molecule has 3 atom stereocenters. The molecule has 2 heterocycles. The van der Waals surface area contributed by atoms with Crippen LogP contribution in [0.1, 0.15) is 32.1 Å². The summed E-state index contributed by atoms with van der Waals surface area (Å²) in [5.41, 5.74) is 2.12. The zero-order valence-electron chi connectivity index (χ0n) is 12.7. The Balaban J connectivity index is 1.58. The fraction of sp³-hybridized carbons (Fsp3) is 0.562. The number of para-hydroxylation sites is 2. The highest BCUT2D eigenvalue weighted by atomic mass is 16.5. The molecule has 0 radical (unpaired) electrons. The van der Waals surface area contributed by atoms with Crippen molar-refractivity contribution >= 4 is 11.0 Å². The highest BCUT2D eigenvalue weighted by Gasteiger charge is 2.19. The topological polar surface area (TPSA) is 62.0 Å². The molecule has 0 amide bonds. The number of rotatable bonds is 5. The zero-order chi connectivity index (χ0) is 14.7. The molecule has 3 rings (SSSR count). The van der Waals surface area contributed by atoms with Crippen LogP contribution in [-0.4, -0.2) is 41.8 Å². The van der Waals surface area contributed by atoms with E-state index in [1.54, 1.807) is 0 Å². The molecular formula is C16H24N4O. The number of aromatic amines is 1. The van der Waals surface area contributed by atoms with Crippen LogP contribution >= 0.6 is 0 Å². The average molecular weight is 288 g/mol. The summed E-state index contributed by atoms with van der Waals surface area (Å²) in [6.07, 6.45) is 1.06. The quantitative estimate of drug-likeness (QED) is 0.787. The second-order valence-electron chi connectivity index (χ2n) is 5.89. The summed E-state index contributed by atoms with van der Waals surface area (Å²) in [7, 11) is 0. The predicted molar refractivity (Wildman–Crippen MR) is 84.3 cm³/mol. The molecule has 1 aliphatic rings. The van der Waals surface area contributed by atoms with Gasteiger partial charge in [-0.15, -0.1) is 0 Å². The Labute approximate surface area is 125 Å². The fourth-order valence-electron chi connectivity index (χ4n) is 2.95. The predicted octanol–water partition coefficient (Wildman–Crippen LogP) is 1.98. The maximum Gasteiger partial charge on any atom is 0.124 e. The summed E-state index contributed by atoms with van der Waals surface area (Å²) >= 11 is 0. The molecular weight excluding hydrogens is 264 g/mol. The average Bonchev–Trinajstić information content (AvgIpc) is 2.92. The number of ether oxygens (including phenoxy) is 1. The van der Waals surface area contributed by atoms with Crippen molar-refractivity contribution in [3.8, 4) is 0 Å². The van der Waals surface area contributed by atoms with Crippen molar-refractivity contribution in [2.45, 2.75) is 38.4 Å². The van der Waals surface area contributed by atoms with Gasteiger partial charge in [-0.1, -0.05) is 12.1 Å². The van der Waals surface area contributed by atoms with Crippen molar-refractivity contribution in [3.63, 3.8) is 0 Å². The molecule has 3 unspecified atom stereocenters. The smallest absolute Gasteiger partial charge is 0.124 e. The number of hydrogen-bond donors (Lipinski definition) is 3. The van der Waals surface area contributed by atoms with Crippen LogP contribution < -0.4 is 10.6 Å². The second-order valence-corrected chi connectivity index (χ2v) is 5.89. The lowest BCUT2D eigenvalue weighted by Gasteiger charge is -2.27. The molecule has 1 aliphatic heterocycles. The first-order valence-corrected chi connectivity index (χ1v) is 7.74. The zero-order valence-corrected chi connectivity index (χ0v) is 12.7. The van der Waals surface area contributed by atoms with Gasteiger partial charge >= 0.3 is 0 Å².